The minimum absolute atomic E-state index is 0.229. The van der Waals surface area contributed by atoms with Crippen molar-refractivity contribution in [2.75, 3.05) is 5.73 Å². The Kier molecular flexibility index (Phi) is 1.66. The van der Waals surface area contributed by atoms with Crippen LogP contribution in [0.15, 0.2) is 12.7 Å². The second kappa shape index (κ2) is 2.81. The first kappa shape index (κ1) is 7.66. The van der Waals surface area contributed by atoms with Crippen molar-refractivity contribution >= 4 is 23.3 Å². The van der Waals surface area contributed by atoms with Crippen LogP contribution in [0, 0.1) is 0 Å². The van der Waals surface area contributed by atoms with Crippen LogP contribution in [0.4, 0.5) is 5.82 Å². The number of aldehydes is 1. The number of carbonyl (C=O) groups excluding carboxylic acids is 1. The third-order valence-corrected chi connectivity index (χ3v) is 1.70. The van der Waals surface area contributed by atoms with Crippen molar-refractivity contribution in [1.29, 1.82) is 0 Å². The van der Waals surface area contributed by atoms with Gasteiger partial charge < -0.3 is 15.1 Å². The Bertz CT molecular complexity index is 449. The lowest BCUT2D eigenvalue weighted by atomic mass is 10.5. The van der Waals surface area contributed by atoms with Crippen molar-refractivity contribution in [3.8, 4) is 0 Å². The van der Waals surface area contributed by atoms with Crippen LogP contribution >= 0.6 is 0 Å². The molecule has 0 radical (unpaired) electrons. The molecule has 0 atom stereocenters. The molecule has 6 heteroatoms. The lowest BCUT2D eigenvalue weighted by Crippen LogP contribution is -1.99. The number of nitrogen functional groups attached to an aromatic ring is 1. The predicted molar refractivity (Wildman–Crippen MR) is 45.8 cm³/mol. The second-order valence-electron chi connectivity index (χ2n) is 2.49. The molecular formula is C7H7N5O. The number of carbonyl (C=O) groups is 1. The zero-order valence-corrected chi connectivity index (χ0v) is 6.71. The summed E-state index contributed by atoms with van der Waals surface area (Å²) in [6, 6.07) is 0. The van der Waals surface area contributed by atoms with Crippen LogP contribution in [0.25, 0.3) is 11.2 Å². The summed E-state index contributed by atoms with van der Waals surface area (Å²) in [5.41, 5.74) is 6.67. The number of nitrogens with two attached hydrogens (primary N) is 1. The quantitative estimate of drug-likeness (QED) is 0.631. The molecule has 0 unspecified atom stereocenters. The Morgan fingerprint density at radius 3 is 3.08 bits per heavy atom. The molecule has 2 rings (SSSR count). The maximum atomic E-state index is 10.3. The van der Waals surface area contributed by atoms with Gasteiger partial charge in [-0.15, -0.1) is 0 Å². The first-order chi connectivity index (χ1) is 6.33. The fourth-order valence-corrected chi connectivity index (χ4v) is 1.11. The molecular weight excluding hydrogens is 170 g/mol. The summed E-state index contributed by atoms with van der Waals surface area (Å²) < 4.78 is 1.61. The molecule has 0 aromatic carbocycles. The summed E-state index contributed by atoms with van der Waals surface area (Å²) in [6.07, 6.45) is 3.64. The summed E-state index contributed by atoms with van der Waals surface area (Å²) in [5.74, 6) is 0.328. The number of anilines is 1. The fraction of sp³-hybridized carbons (Fsp3) is 0.143. The van der Waals surface area contributed by atoms with E-state index in [1.54, 1.807) is 4.57 Å². The van der Waals surface area contributed by atoms with Gasteiger partial charge in [0.1, 0.15) is 18.1 Å². The molecule has 0 saturated carbocycles. The van der Waals surface area contributed by atoms with E-state index in [-0.39, 0.29) is 6.54 Å². The van der Waals surface area contributed by atoms with Gasteiger partial charge in [-0.3, -0.25) is 0 Å². The lowest BCUT2D eigenvalue weighted by Gasteiger charge is -1.96. The van der Waals surface area contributed by atoms with Crippen LogP contribution in [-0.2, 0) is 11.3 Å². The van der Waals surface area contributed by atoms with Gasteiger partial charge in [0.25, 0.3) is 0 Å². The maximum Gasteiger partial charge on any atom is 0.165 e. The average Bonchev–Trinajstić information content (AvgIpc) is 2.51. The number of aromatic nitrogens is 4. The smallest absolute Gasteiger partial charge is 0.165 e. The second-order valence-corrected chi connectivity index (χ2v) is 2.49. The van der Waals surface area contributed by atoms with Crippen molar-refractivity contribution in [3.05, 3.63) is 12.7 Å². The average molecular weight is 177 g/mol. The molecule has 0 saturated heterocycles. The van der Waals surface area contributed by atoms with Crippen molar-refractivity contribution < 1.29 is 4.79 Å². The molecule has 0 bridgehead atoms. The maximum absolute atomic E-state index is 10.3. The van der Waals surface area contributed by atoms with Crippen LogP contribution in [-0.4, -0.2) is 25.8 Å². The first-order valence-electron chi connectivity index (χ1n) is 3.68. The zero-order valence-electron chi connectivity index (χ0n) is 6.71. The van der Waals surface area contributed by atoms with Gasteiger partial charge in [0.05, 0.1) is 12.9 Å². The molecule has 6 nitrogen and oxygen atoms in total. The highest BCUT2D eigenvalue weighted by molar-refractivity contribution is 5.81. The van der Waals surface area contributed by atoms with Gasteiger partial charge in [-0.25, -0.2) is 15.0 Å². The highest BCUT2D eigenvalue weighted by atomic mass is 16.1. The molecule has 2 aromatic heterocycles. The largest absolute Gasteiger partial charge is 0.382 e. The van der Waals surface area contributed by atoms with E-state index >= 15 is 0 Å². The molecule has 0 aliphatic carbocycles. The van der Waals surface area contributed by atoms with Crippen LogP contribution in [0.3, 0.4) is 0 Å². The van der Waals surface area contributed by atoms with E-state index in [1.165, 1.54) is 12.7 Å². The molecule has 0 fully saturated rings. The van der Waals surface area contributed by atoms with E-state index in [4.69, 9.17) is 5.73 Å². The van der Waals surface area contributed by atoms with Gasteiger partial charge in [0, 0.05) is 0 Å². The van der Waals surface area contributed by atoms with Crippen LogP contribution in [0.5, 0.6) is 0 Å². The number of rotatable bonds is 2. The van der Waals surface area contributed by atoms with E-state index in [2.05, 4.69) is 15.0 Å². The molecule has 0 spiro atoms. The Morgan fingerprint density at radius 1 is 1.46 bits per heavy atom. The van der Waals surface area contributed by atoms with E-state index < -0.39 is 0 Å². The van der Waals surface area contributed by atoms with Crippen LogP contribution in [0.1, 0.15) is 0 Å². The van der Waals surface area contributed by atoms with Crippen molar-refractivity contribution in [2.45, 2.75) is 6.54 Å². The monoisotopic (exact) mass is 177 g/mol. The Balaban J connectivity index is 2.67. The topological polar surface area (TPSA) is 86.7 Å². The standard InChI is InChI=1S/C7H7N5O/c8-6-5-7(10-3-9-6)12(1-2-13)4-11-5/h2-4H,1H2,(H2,8,9,10). The minimum atomic E-state index is 0.229. The number of hydrogen-bond donors (Lipinski definition) is 1. The zero-order chi connectivity index (χ0) is 9.26. The number of hydrogen-bond acceptors (Lipinski definition) is 5. The lowest BCUT2D eigenvalue weighted by molar-refractivity contribution is -0.108. The highest BCUT2D eigenvalue weighted by Crippen LogP contribution is 2.13. The van der Waals surface area contributed by atoms with E-state index in [1.807, 2.05) is 0 Å². The van der Waals surface area contributed by atoms with Gasteiger partial charge in [-0.2, -0.15) is 0 Å². The summed E-state index contributed by atoms with van der Waals surface area (Å²) in [5, 5.41) is 0. The molecule has 2 N–H and O–H groups in total. The summed E-state index contributed by atoms with van der Waals surface area (Å²) in [7, 11) is 0. The number of fused-ring (bicyclic) bond motifs is 1. The first-order valence-corrected chi connectivity index (χ1v) is 3.68. The summed E-state index contributed by atoms with van der Waals surface area (Å²) >= 11 is 0. The van der Waals surface area contributed by atoms with E-state index in [0.717, 1.165) is 6.29 Å². The van der Waals surface area contributed by atoms with Gasteiger partial charge >= 0.3 is 0 Å². The van der Waals surface area contributed by atoms with Crippen LogP contribution in [0.2, 0.25) is 0 Å². The van der Waals surface area contributed by atoms with Gasteiger partial charge in [0.2, 0.25) is 0 Å². The van der Waals surface area contributed by atoms with Gasteiger partial charge in [-0.1, -0.05) is 0 Å². The minimum Gasteiger partial charge on any atom is -0.382 e. The van der Waals surface area contributed by atoms with Crippen molar-refractivity contribution in [2.24, 2.45) is 0 Å². The van der Waals surface area contributed by atoms with Crippen LogP contribution < -0.4 is 5.73 Å². The highest BCUT2D eigenvalue weighted by Gasteiger charge is 2.06. The molecule has 0 aliphatic rings. The predicted octanol–water partition coefficient (Wildman–Crippen LogP) is -0.393. The molecule has 66 valence electrons. The Hall–Kier alpha value is -1.98. The molecule has 0 amide bonds. The number of nitrogens with zero attached hydrogens (tertiary/aromatic N) is 4. The third-order valence-electron chi connectivity index (χ3n) is 1.70. The van der Waals surface area contributed by atoms with Crippen molar-refractivity contribution in [1.82, 2.24) is 19.5 Å². The Morgan fingerprint density at radius 2 is 2.31 bits per heavy atom. The molecule has 2 heterocycles. The number of imidazole rings is 1. The van der Waals surface area contributed by atoms with Crippen molar-refractivity contribution in [3.63, 3.8) is 0 Å². The van der Waals surface area contributed by atoms with Gasteiger partial charge in [-0.05, 0) is 0 Å². The SMILES string of the molecule is Nc1ncnc2c1ncn2CC=O. The van der Waals surface area contributed by atoms with Gasteiger partial charge in [0.15, 0.2) is 11.5 Å². The third kappa shape index (κ3) is 1.12. The fourth-order valence-electron chi connectivity index (χ4n) is 1.11. The Labute approximate surface area is 73.4 Å². The molecule has 2 aromatic rings. The summed E-state index contributed by atoms with van der Waals surface area (Å²) in [4.78, 5) is 22.0. The van der Waals surface area contributed by atoms with E-state index in [9.17, 15) is 4.79 Å². The normalized spacial score (nSPS) is 10.5. The summed E-state index contributed by atoms with van der Waals surface area (Å²) in [6.45, 7) is 0.229. The molecule has 13 heavy (non-hydrogen) atoms. The molecule has 0 aliphatic heterocycles. The van der Waals surface area contributed by atoms with E-state index in [0.29, 0.717) is 17.0 Å².